The third-order valence-corrected chi connectivity index (χ3v) is 14.2. The van der Waals surface area contributed by atoms with Gasteiger partial charge < -0.3 is 52.8 Å². The van der Waals surface area contributed by atoms with Crippen LogP contribution in [0, 0.1) is 24.7 Å². The van der Waals surface area contributed by atoms with Gasteiger partial charge in [0.25, 0.3) is 11.8 Å². The van der Waals surface area contributed by atoms with Gasteiger partial charge in [-0.2, -0.15) is 0 Å². The minimum Gasteiger partial charge on any atom is -0.368 e. The highest BCUT2D eigenvalue weighted by molar-refractivity contribution is 5.98. The molecule has 0 saturated carbocycles. The van der Waals surface area contributed by atoms with Gasteiger partial charge in [0.05, 0.1) is 18.1 Å². The van der Waals surface area contributed by atoms with Crippen molar-refractivity contribution < 1.29 is 38.4 Å². The number of primary amides is 1. The number of aromatic nitrogens is 1. The Morgan fingerprint density at radius 1 is 0.635 bits per heavy atom. The van der Waals surface area contributed by atoms with E-state index in [1.165, 1.54) is 53.7 Å². The summed E-state index contributed by atoms with van der Waals surface area (Å²) >= 11 is 0. The minimum atomic E-state index is -1.15. The van der Waals surface area contributed by atoms with Crippen LogP contribution < -0.4 is 43.0 Å². The summed E-state index contributed by atoms with van der Waals surface area (Å²) in [6.07, 6.45) is 18.6. The summed E-state index contributed by atoms with van der Waals surface area (Å²) in [4.78, 5) is 114. The average Bonchev–Trinajstić information content (AvgIpc) is 4.05. The summed E-state index contributed by atoms with van der Waals surface area (Å²) in [5.74, 6) is -0.00714. The van der Waals surface area contributed by atoms with E-state index in [2.05, 4.69) is 78.3 Å². The lowest BCUT2D eigenvalue weighted by Crippen LogP contribution is -2.55. The zero-order chi connectivity index (χ0) is 53.5. The molecule has 2 aliphatic carbocycles. The number of amides is 8. The van der Waals surface area contributed by atoms with Gasteiger partial charge in [-0.05, 0) is 120 Å². The molecule has 392 valence electrons. The van der Waals surface area contributed by atoms with Crippen molar-refractivity contribution in [2.75, 3.05) is 27.2 Å². The highest BCUT2D eigenvalue weighted by atomic mass is 16.2. The highest BCUT2D eigenvalue weighted by Gasteiger charge is 2.44. The topological polar surface area (TPSA) is 266 Å². The Morgan fingerprint density at radius 3 is 1.58 bits per heavy atom. The van der Waals surface area contributed by atoms with Gasteiger partial charge in [-0.3, -0.25) is 38.4 Å². The average molecular weight is 1010 g/mol. The lowest BCUT2D eigenvalue weighted by atomic mass is 9.87. The van der Waals surface area contributed by atoms with E-state index in [-0.39, 0.29) is 56.2 Å². The second-order valence-corrected chi connectivity index (χ2v) is 19.2. The van der Waals surface area contributed by atoms with Crippen LogP contribution in [0.1, 0.15) is 114 Å². The number of likely N-dealkylation sites (N-methyl/N-ethyl adjacent to an activating group) is 2. The number of fused-ring (bicyclic) bond motifs is 2. The fourth-order valence-electron chi connectivity index (χ4n) is 9.83. The van der Waals surface area contributed by atoms with Crippen LogP contribution in [0.15, 0.2) is 66.7 Å². The third-order valence-electron chi connectivity index (χ3n) is 14.2. The Labute approximate surface area is 433 Å². The SMILES string of the molecule is C#CCC(NC(=O)[C@H](C)NC)C(=O)N1C[C@@H](NC(=O)c2cccc(C(=O)NC3CC(C(N)=O)N(C(=O)[C@H](CC#C)NC(=O)C(C)NC)C3)n2)C[C@H]1C(=O)NC1CCCc2ccccc21.c1ccc2c(c1)CCCC2. The van der Waals surface area contributed by atoms with Gasteiger partial charge in [-0.25, -0.2) is 4.98 Å². The third kappa shape index (κ3) is 14.1. The number of terminal acetylenes is 2. The number of hydrogen-bond acceptors (Lipinski definition) is 11. The zero-order valence-electron chi connectivity index (χ0n) is 42.6. The molecule has 5 unspecified atom stereocenters. The van der Waals surface area contributed by atoms with E-state index in [1.807, 2.05) is 24.3 Å². The molecule has 0 bridgehead atoms. The number of benzene rings is 2. The summed E-state index contributed by atoms with van der Waals surface area (Å²) in [5.41, 5.74) is 10.6. The fourth-order valence-corrected chi connectivity index (χ4v) is 9.83. The van der Waals surface area contributed by atoms with Crippen LogP contribution in [-0.2, 0) is 48.0 Å². The maximum atomic E-state index is 14.2. The molecule has 2 aromatic carbocycles. The van der Waals surface area contributed by atoms with E-state index in [4.69, 9.17) is 18.6 Å². The predicted octanol–water partition coefficient (Wildman–Crippen LogP) is 0.957. The van der Waals surface area contributed by atoms with Gasteiger partial charge in [0.1, 0.15) is 35.6 Å². The van der Waals surface area contributed by atoms with Gasteiger partial charge in [-0.15, -0.1) is 24.7 Å². The van der Waals surface area contributed by atoms with Crippen molar-refractivity contribution >= 4 is 47.3 Å². The first-order valence-corrected chi connectivity index (χ1v) is 25.3. The van der Waals surface area contributed by atoms with Crippen molar-refractivity contribution in [1.29, 1.82) is 0 Å². The van der Waals surface area contributed by atoms with Crippen molar-refractivity contribution in [3.05, 3.63) is 100 Å². The number of nitrogens with one attached hydrogen (secondary N) is 7. The Kier molecular flexibility index (Phi) is 19.9. The maximum Gasteiger partial charge on any atom is 0.270 e. The molecule has 2 fully saturated rings. The number of rotatable bonds is 17. The number of nitrogens with two attached hydrogens (primary N) is 1. The van der Waals surface area contributed by atoms with Crippen LogP contribution in [0.5, 0.6) is 0 Å². The first-order chi connectivity index (χ1) is 35.6. The Morgan fingerprint density at radius 2 is 1.09 bits per heavy atom. The quantitative estimate of drug-likeness (QED) is 0.0884. The molecule has 2 saturated heterocycles. The molecule has 9 N–H and O–H groups in total. The van der Waals surface area contributed by atoms with Crippen LogP contribution in [-0.4, -0.2) is 138 Å². The Bertz CT molecular complexity index is 2620. The van der Waals surface area contributed by atoms with Gasteiger partial charge in [0, 0.05) is 38.0 Å². The van der Waals surface area contributed by atoms with E-state index in [0.29, 0.717) is 6.42 Å². The van der Waals surface area contributed by atoms with Crippen molar-refractivity contribution in [2.45, 2.75) is 139 Å². The number of carbonyl (C=O) groups is 8. The largest absolute Gasteiger partial charge is 0.368 e. The number of aryl methyl sites for hydroxylation is 3. The molecule has 74 heavy (non-hydrogen) atoms. The van der Waals surface area contributed by atoms with Crippen molar-refractivity contribution in [1.82, 2.24) is 52.0 Å². The minimum absolute atomic E-state index is 0.0276. The molecular formula is C55H69N11O8. The van der Waals surface area contributed by atoms with Gasteiger partial charge in [0.2, 0.25) is 35.4 Å². The van der Waals surface area contributed by atoms with E-state index in [0.717, 1.165) is 24.0 Å². The lowest BCUT2D eigenvalue weighted by molar-refractivity contribution is -0.141. The summed E-state index contributed by atoms with van der Waals surface area (Å²) in [6, 6.07) is 13.4. The Balaban J connectivity index is 0.000000787. The summed E-state index contributed by atoms with van der Waals surface area (Å²) < 4.78 is 0. The van der Waals surface area contributed by atoms with E-state index in [9.17, 15) is 38.4 Å². The summed E-state index contributed by atoms with van der Waals surface area (Å²) in [7, 11) is 3.17. The molecule has 0 spiro atoms. The maximum absolute atomic E-state index is 14.2. The fraction of sp³-hybridized carbons (Fsp3) is 0.473. The van der Waals surface area contributed by atoms with Crippen LogP contribution >= 0.6 is 0 Å². The summed E-state index contributed by atoms with van der Waals surface area (Å²) in [5, 5.41) is 19.6. The standard InChI is InChI=1S/C45H57N11O8.C10H12/c1-7-13-34(53-39(58)25(3)47-5)44(63)55-23-28(21-36(55)38(46)57)49-41(60)32-19-12-20-33(51-32)42(61)50-29-22-37(43(62)52-31-18-11-16-27-15-9-10-17-30(27)31)56(24-29)45(64)35(14-8-2)54-40(59)26(4)48-6;1-2-6-10-8-4-3-7-9(10)5-1/h1-2,9-10,12,15,17,19-20,25-26,28-29,31,34-37,47-48H,11,13-14,16,18,21-24H2,3-6H3,(H2,46,57)(H,49,60)(H,50,61)(H,52,62)(H,53,58)(H,54,59);1-2,5-6H,3-4,7-8H2/t25?,26-,28?,29-,31?,34-,35?,36?,37-;/m0./s1. The van der Waals surface area contributed by atoms with Crippen LogP contribution in [0.4, 0.5) is 0 Å². The van der Waals surface area contributed by atoms with Crippen molar-refractivity contribution in [3.8, 4) is 24.7 Å². The monoisotopic (exact) mass is 1010 g/mol. The molecule has 3 heterocycles. The van der Waals surface area contributed by atoms with Crippen LogP contribution in [0.25, 0.3) is 0 Å². The zero-order valence-corrected chi connectivity index (χ0v) is 42.6. The number of likely N-dealkylation sites (tertiary alicyclic amines) is 2. The second kappa shape index (κ2) is 26.4. The molecule has 4 aliphatic rings. The highest BCUT2D eigenvalue weighted by Crippen LogP contribution is 2.31. The molecule has 19 heteroatoms. The van der Waals surface area contributed by atoms with Crippen molar-refractivity contribution in [2.24, 2.45) is 5.73 Å². The number of pyridine rings is 1. The van der Waals surface area contributed by atoms with Gasteiger partial charge >= 0.3 is 0 Å². The summed E-state index contributed by atoms with van der Waals surface area (Å²) in [6.45, 7) is 3.00. The van der Waals surface area contributed by atoms with E-state index >= 15 is 0 Å². The number of carbonyl (C=O) groups excluding carboxylic acids is 8. The molecule has 8 amide bonds. The molecule has 1 aromatic heterocycles. The number of hydrogen-bond donors (Lipinski definition) is 8. The molecular weight excluding hydrogens is 943 g/mol. The molecule has 2 aliphatic heterocycles. The van der Waals surface area contributed by atoms with Gasteiger partial charge in [-0.1, -0.05) is 54.6 Å². The first-order valence-electron chi connectivity index (χ1n) is 25.3. The van der Waals surface area contributed by atoms with E-state index < -0.39 is 95.6 Å². The van der Waals surface area contributed by atoms with Gasteiger partial charge in [0.15, 0.2) is 0 Å². The van der Waals surface area contributed by atoms with E-state index in [1.54, 1.807) is 39.1 Å². The molecule has 19 nitrogen and oxygen atoms in total. The smallest absolute Gasteiger partial charge is 0.270 e. The lowest BCUT2D eigenvalue weighted by Gasteiger charge is -2.31. The molecule has 7 rings (SSSR count). The second-order valence-electron chi connectivity index (χ2n) is 19.2. The Hall–Kier alpha value is -7.61. The number of nitrogens with zero attached hydrogens (tertiary/aromatic N) is 3. The first kappa shape index (κ1) is 55.7. The van der Waals surface area contributed by atoms with Crippen LogP contribution in [0.2, 0.25) is 0 Å². The normalized spacial score (nSPS) is 21.2. The molecule has 3 aromatic rings. The van der Waals surface area contributed by atoms with Crippen LogP contribution in [0.3, 0.4) is 0 Å². The molecule has 9 atom stereocenters. The molecule has 0 radical (unpaired) electrons. The predicted molar refractivity (Wildman–Crippen MR) is 277 cm³/mol. The van der Waals surface area contributed by atoms with Crippen molar-refractivity contribution in [3.63, 3.8) is 0 Å².